The molecule has 0 aromatic carbocycles. The Kier molecular flexibility index (Phi) is 6.45. The van der Waals surface area contributed by atoms with Crippen molar-refractivity contribution in [1.82, 2.24) is 14.8 Å². The van der Waals surface area contributed by atoms with Gasteiger partial charge in [-0.2, -0.15) is 5.10 Å². The van der Waals surface area contributed by atoms with Crippen molar-refractivity contribution in [3.63, 3.8) is 0 Å². The van der Waals surface area contributed by atoms with Gasteiger partial charge in [-0.25, -0.2) is 9.67 Å². The summed E-state index contributed by atoms with van der Waals surface area (Å²) in [5, 5.41) is 4.10. The summed E-state index contributed by atoms with van der Waals surface area (Å²) in [6, 6.07) is 0.196. The summed E-state index contributed by atoms with van der Waals surface area (Å²) >= 11 is 0. The zero-order valence-electron chi connectivity index (χ0n) is 10.0. The molecule has 0 aliphatic rings. The molecular formula is C12H21N3O. The topological polar surface area (TPSA) is 47.8 Å². The fourth-order valence-electron chi connectivity index (χ4n) is 1.86. The van der Waals surface area contributed by atoms with E-state index in [-0.39, 0.29) is 6.04 Å². The minimum absolute atomic E-state index is 0.196. The summed E-state index contributed by atoms with van der Waals surface area (Å²) in [5.74, 6) is 0. The molecule has 0 saturated heterocycles. The number of unbranched alkanes of at least 4 members (excludes halogenated alkanes) is 4. The molecule has 0 bridgehead atoms. The highest BCUT2D eigenvalue weighted by molar-refractivity contribution is 5.49. The molecule has 1 heterocycles. The van der Waals surface area contributed by atoms with Crippen molar-refractivity contribution in [2.45, 2.75) is 57.9 Å². The van der Waals surface area contributed by atoms with E-state index in [2.05, 4.69) is 17.0 Å². The van der Waals surface area contributed by atoms with Crippen molar-refractivity contribution >= 4 is 6.29 Å². The van der Waals surface area contributed by atoms with Gasteiger partial charge in [0.25, 0.3) is 0 Å². The van der Waals surface area contributed by atoms with E-state index in [1.165, 1.54) is 38.4 Å². The monoisotopic (exact) mass is 223 g/mol. The van der Waals surface area contributed by atoms with Crippen LogP contribution >= 0.6 is 0 Å². The van der Waals surface area contributed by atoms with Crippen LogP contribution < -0.4 is 0 Å². The molecule has 0 amide bonds. The Morgan fingerprint density at radius 3 is 2.75 bits per heavy atom. The van der Waals surface area contributed by atoms with Crippen LogP contribution in [0.25, 0.3) is 0 Å². The Labute approximate surface area is 97.1 Å². The summed E-state index contributed by atoms with van der Waals surface area (Å²) in [6.07, 6.45) is 12.0. The van der Waals surface area contributed by atoms with E-state index >= 15 is 0 Å². The second-order valence-electron chi connectivity index (χ2n) is 4.13. The normalized spacial score (nSPS) is 12.6. The number of rotatable bonds is 9. The van der Waals surface area contributed by atoms with Crippen molar-refractivity contribution in [3.8, 4) is 0 Å². The first-order chi connectivity index (χ1) is 7.88. The second-order valence-corrected chi connectivity index (χ2v) is 4.13. The maximum absolute atomic E-state index is 10.6. The Hall–Kier alpha value is -1.19. The molecule has 1 unspecified atom stereocenters. The average molecular weight is 223 g/mol. The summed E-state index contributed by atoms with van der Waals surface area (Å²) in [6.45, 7) is 2.21. The number of hydrogen-bond acceptors (Lipinski definition) is 3. The molecule has 16 heavy (non-hydrogen) atoms. The lowest BCUT2D eigenvalue weighted by molar-refractivity contribution is -0.108. The van der Waals surface area contributed by atoms with Gasteiger partial charge in [0.2, 0.25) is 0 Å². The van der Waals surface area contributed by atoms with Crippen molar-refractivity contribution in [2.24, 2.45) is 0 Å². The van der Waals surface area contributed by atoms with Crippen LogP contribution in [0.1, 0.15) is 57.9 Å². The summed E-state index contributed by atoms with van der Waals surface area (Å²) < 4.78 is 1.80. The fraction of sp³-hybridized carbons (Fsp3) is 0.750. The molecule has 90 valence electrons. The van der Waals surface area contributed by atoms with Gasteiger partial charge in [0.15, 0.2) is 0 Å². The van der Waals surface area contributed by atoms with E-state index in [1.807, 2.05) is 0 Å². The van der Waals surface area contributed by atoms with Gasteiger partial charge in [-0.1, -0.05) is 39.0 Å². The lowest BCUT2D eigenvalue weighted by Crippen LogP contribution is -2.10. The minimum atomic E-state index is 0.196. The molecule has 0 aliphatic carbocycles. The summed E-state index contributed by atoms with van der Waals surface area (Å²) in [4.78, 5) is 14.5. The van der Waals surface area contributed by atoms with Gasteiger partial charge in [-0.15, -0.1) is 0 Å². The van der Waals surface area contributed by atoms with Gasteiger partial charge in [-0.05, 0) is 6.42 Å². The third-order valence-corrected chi connectivity index (χ3v) is 2.82. The molecule has 1 aromatic rings. The van der Waals surface area contributed by atoms with Crippen LogP contribution in [-0.4, -0.2) is 21.1 Å². The largest absolute Gasteiger partial charge is 0.303 e. The maximum atomic E-state index is 10.6. The maximum Gasteiger partial charge on any atom is 0.137 e. The SMILES string of the molecule is CCCCCCCC(CC=O)n1cncn1. The third-order valence-electron chi connectivity index (χ3n) is 2.82. The quantitative estimate of drug-likeness (QED) is 0.477. The number of nitrogens with zero attached hydrogens (tertiary/aromatic N) is 3. The number of carbonyl (C=O) groups is 1. The number of carbonyl (C=O) groups excluding carboxylic acids is 1. The summed E-state index contributed by atoms with van der Waals surface area (Å²) in [5.41, 5.74) is 0. The first kappa shape index (κ1) is 12.9. The Morgan fingerprint density at radius 1 is 1.31 bits per heavy atom. The van der Waals surface area contributed by atoms with Gasteiger partial charge in [0.05, 0.1) is 6.04 Å². The van der Waals surface area contributed by atoms with E-state index in [4.69, 9.17) is 0 Å². The molecule has 0 N–H and O–H groups in total. The summed E-state index contributed by atoms with van der Waals surface area (Å²) in [7, 11) is 0. The van der Waals surface area contributed by atoms with Crippen molar-refractivity contribution in [2.75, 3.05) is 0 Å². The van der Waals surface area contributed by atoms with Gasteiger partial charge >= 0.3 is 0 Å². The fourth-order valence-corrected chi connectivity index (χ4v) is 1.86. The molecule has 0 spiro atoms. The predicted octanol–water partition coefficient (Wildman–Crippen LogP) is 2.77. The molecule has 1 aromatic heterocycles. The Bertz CT molecular complexity index is 272. The molecule has 4 heteroatoms. The predicted molar refractivity (Wildman–Crippen MR) is 63.1 cm³/mol. The zero-order chi connectivity index (χ0) is 11.6. The molecule has 0 saturated carbocycles. The second kappa shape index (κ2) is 8.02. The molecule has 1 atom stereocenters. The van der Waals surface area contributed by atoms with Gasteiger partial charge in [0, 0.05) is 6.42 Å². The molecule has 4 nitrogen and oxygen atoms in total. The standard InChI is InChI=1S/C12H21N3O/c1-2-3-4-5-6-7-12(8-9-16)15-11-13-10-14-15/h9-12H,2-8H2,1H3. The highest BCUT2D eigenvalue weighted by atomic mass is 16.1. The molecule has 1 rings (SSSR count). The highest BCUT2D eigenvalue weighted by Gasteiger charge is 2.10. The number of aromatic nitrogens is 3. The number of hydrogen-bond donors (Lipinski definition) is 0. The Balaban J connectivity index is 2.26. The minimum Gasteiger partial charge on any atom is -0.303 e. The first-order valence-corrected chi connectivity index (χ1v) is 6.16. The van der Waals surface area contributed by atoms with Crippen LogP contribution in [0.5, 0.6) is 0 Å². The van der Waals surface area contributed by atoms with Crippen molar-refractivity contribution < 1.29 is 4.79 Å². The zero-order valence-corrected chi connectivity index (χ0v) is 10.0. The lowest BCUT2D eigenvalue weighted by atomic mass is 10.0. The number of aldehydes is 1. The van der Waals surface area contributed by atoms with Crippen LogP contribution in [0.2, 0.25) is 0 Å². The Morgan fingerprint density at radius 2 is 2.12 bits per heavy atom. The van der Waals surface area contributed by atoms with E-state index in [1.54, 1.807) is 11.0 Å². The van der Waals surface area contributed by atoms with E-state index < -0.39 is 0 Å². The molecule has 0 radical (unpaired) electrons. The van der Waals surface area contributed by atoms with Crippen LogP contribution in [0.3, 0.4) is 0 Å². The first-order valence-electron chi connectivity index (χ1n) is 6.16. The van der Waals surface area contributed by atoms with Gasteiger partial charge < -0.3 is 4.79 Å². The van der Waals surface area contributed by atoms with Crippen LogP contribution in [0.4, 0.5) is 0 Å². The average Bonchev–Trinajstić information content (AvgIpc) is 2.81. The van der Waals surface area contributed by atoms with Crippen LogP contribution in [-0.2, 0) is 4.79 Å². The third kappa shape index (κ3) is 4.55. The van der Waals surface area contributed by atoms with Crippen molar-refractivity contribution in [1.29, 1.82) is 0 Å². The molecule has 0 aliphatic heterocycles. The smallest absolute Gasteiger partial charge is 0.137 e. The van der Waals surface area contributed by atoms with Crippen LogP contribution in [0, 0.1) is 0 Å². The van der Waals surface area contributed by atoms with Gasteiger partial charge in [0.1, 0.15) is 18.9 Å². The molecular weight excluding hydrogens is 202 g/mol. The van der Waals surface area contributed by atoms with E-state index in [0.717, 1.165) is 12.7 Å². The van der Waals surface area contributed by atoms with E-state index in [9.17, 15) is 4.79 Å². The van der Waals surface area contributed by atoms with Crippen molar-refractivity contribution in [3.05, 3.63) is 12.7 Å². The van der Waals surface area contributed by atoms with Gasteiger partial charge in [-0.3, -0.25) is 0 Å². The van der Waals surface area contributed by atoms with Crippen LogP contribution in [0.15, 0.2) is 12.7 Å². The molecule has 0 fully saturated rings. The highest BCUT2D eigenvalue weighted by Crippen LogP contribution is 2.17. The lowest BCUT2D eigenvalue weighted by Gasteiger charge is -2.13. The van der Waals surface area contributed by atoms with E-state index in [0.29, 0.717) is 6.42 Å².